The SMILES string of the molecule is CC(C)C(SC1CCCCCC1O)C(=O)O. The molecule has 0 amide bonds. The highest BCUT2D eigenvalue weighted by atomic mass is 32.2. The summed E-state index contributed by atoms with van der Waals surface area (Å²) in [6.45, 7) is 3.85. The van der Waals surface area contributed by atoms with Gasteiger partial charge >= 0.3 is 5.97 Å². The Hall–Kier alpha value is -0.220. The van der Waals surface area contributed by atoms with Crippen LogP contribution in [-0.4, -0.2) is 32.8 Å². The van der Waals surface area contributed by atoms with E-state index in [2.05, 4.69) is 0 Å². The predicted molar refractivity (Wildman–Crippen MR) is 66.7 cm³/mol. The average Bonchev–Trinajstić information content (AvgIpc) is 2.39. The zero-order chi connectivity index (χ0) is 12.1. The Labute approximate surface area is 102 Å². The maximum atomic E-state index is 11.1. The van der Waals surface area contributed by atoms with E-state index in [-0.39, 0.29) is 17.3 Å². The van der Waals surface area contributed by atoms with Crippen molar-refractivity contribution in [3.8, 4) is 0 Å². The van der Waals surface area contributed by atoms with Crippen molar-refractivity contribution in [2.75, 3.05) is 0 Å². The lowest BCUT2D eigenvalue weighted by Gasteiger charge is -2.25. The molecule has 0 aromatic rings. The minimum atomic E-state index is -0.753. The van der Waals surface area contributed by atoms with Crippen LogP contribution < -0.4 is 0 Å². The molecule has 3 nitrogen and oxygen atoms in total. The molecule has 0 saturated heterocycles. The number of aliphatic hydroxyl groups is 1. The molecule has 3 atom stereocenters. The van der Waals surface area contributed by atoms with Crippen molar-refractivity contribution in [3.05, 3.63) is 0 Å². The van der Waals surface area contributed by atoms with Crippen LogP contribution in [0, 0.1) is 5.92 Å². The Morgan fingerprint density at radius 1 is 1.25 bits per heavy atom. The average molecular weight is 246 g/mol. The van der Waals surface area contributed by atoms with Gasteiger partial charge in [0, 0.05) is 5.25 Å². The smallest absolute Gasteiger partial charge is 0.316 e. The maximum Gasteiger partial charge on any atom is 0.316 e. The zero-order valence-corrected chi connectivity index (χ0v) is 10.9. The highest BCUT2D eigenvalue weighted by Gasteiger charge is 2.30. The third kappa shape index (κ3) is 3.98. The van der Waals surface area contributed by atoms with Gasteiger partial charge in [-0.2, -0.15) is 0 Å². The molecule has 16 heavy (non-hydrogen) atoms. The van der Waals surface area contributed by atoms with Crippen LogP contribution in [0.4, 0.5) is 0 Å². The zero-order valence-electron chi connectivity index (χ0n) is 10.1. The fourth-order valence-electron chi connectivity index (χ4n) is 2.10. The van der Waals surface area contributed by atoms with Crippen LogP contribution in [0.3, 0.4) is 0 Å². The molecule has 0 radical (unpaired) electrons. The molecule has 4 heteroatoms. The van der Waals surface area contributed by atoms with Gasteiger partial charge in [-0.15, -0.1) is 11.8 Å². The molecule has 0 aromatic carbocycles. The first-order valence-corrected chi connectivity index (χ1v) is 7.03. The molecule has 0 aromatic heterocycles. The largest absolute Gasteiger partial charge is 0.480 e. The van der Waals surface area contributed by atoms with Crippen molar-refractivity contribution < 1.29 is 15.0 Å². The van der Waals surface area contributed by atoms with Crippen LogP contribution in [0.1, 0.15) is 46.0 Å². The molecule has 0 spiro atoms. The van der Waals surface area contributed by atoms with E-state index in [1.165, 1.54) is 11.8 Å². The molecule has 1 aliphatic carbocycles. The van der Waals surface area contributed by atoms with Crippen LogP contribution in [-0.2, 0) is 4.79 Å². The van der Waals surface area contributed by atoms with Crippen LogP contribution >= 0.6 is 11.8 Å². The molecule has 1 fully saturated rings. The second-order valence-electron chi connectivity index (χ2n) is 4.88. The summed E-state index contributed by atoms with van der Waals surface area (Å²) in [5, 5.41) is 18.8. The molecule has 1 saturated carbocycles. The Kier molecular flexibility index (Phi) is 5.62. The number of thioether (sulfide) groups is 1. The van der Waals surface area contributed by atoms with Crippen molar-refractivity contribution in [3.63, 3.8) is 0 Å². The number of rotatable bonds is 4. The Bertz CT molecular complexity index is 230. The van der Waals surface area contributed by atoms with Gasteiger partial charge in [0.15, 0.2) is 0 Å². The third-order valence-corrected chi connectivity index (χ3v) is 5.03. The summed E-state index contributed by atoms with van der Waals surface area (Å²) in [4.78, 5) is 11.1. The minimum Gasteiger partial charge on any atom is -0.480 e. The van der Waals surface area contributed by atoms with E-state index < -0.39 is 11.2 Å². The third-order valence-electron chi connectivity index (χ3n) is 3.09. The van der Waals surface area contributed by atoms with E-state index in [4.69, 9.17) is 5.11 Å². The number of aliphatic carboxylic acids is 1. The Morgan fingerprint density at radius 2 is 1.88 bits per heavy atom. The van der Waals surface area contributed by atoms with Gasteiger partial charge in [0.25, 0.3) is 0 Å². The summed E-state index contributed by atoms with van der Waals surface area (Å²) < 4.78 is 0. The summed E-state index contributed by atoms with van der Waals surface area (Å²) in [6, 6.07) is 0. The number of hydrogen-bond donors (Lipinski definition) is 2. The summed E-state index contributed by atoms with van der Waals surface area (Å²) in [5.74, 6) is -0.644. The predicted octanol–water partition coefficient (Wildman–Crippen LogP) is 2.52. The lowest BCUT2D eigenvalue weighted by molar-refractivity contribution is -0.137. The number of carboxylic acid groups (broad SMARTS) is 1. The van der Waals surface area contributed by atoms with E-state index in [1.54, 1.807) is 0 Å². The van der Waals surface area contributed by atoms with Gasteiger partial charge in [0.2, 0.25) is 0 Å². The normalized spacial score (nSPS) is 28.8. The van der Waals surface area contributed by atoms with Crippen LogP contribution in [0.5, 0.6) is 0 Å². The number of aliphatic hydroxyl groups excluding tert-OH is 1. The highest BCUT2D eigenvalue weighted by molar-refractivity contribution is 8.01. The second kappa shape index (κ2) is 6.50. The van der Waals surface area contributed by atoms with Crippen molar-refractivity contribution in [2.24, 2.45) is 5.92 Å². The lowest BCUT2D eigenvalue weighted by Crippen LogP contribution is -2.30. The maximum absolute atomic E-state index is 11.1. The summed E-state index contributed by atoms with van der Waals surface area (Å²) in [6.07, 6.45) is 4.78. The van der Waals surface area contributed by atoms with Crippen LogP contribution in [0.2, 0.25) is 0 Å². The van der Waals surface area contributed by atoms with E-state index in [1.807, 2.05) is 13.8 Å². The fraction of sp³-hybridized carbons (Fsp3) is 0.917. The monoisotopic (exact) mass is 246 g/mol. The number of carboxylic acids is 1. The molecule has 0 aliphatic heterocycles. The van der Waals surface area contributed by atoms with Crippen molar-refractivity contribution in [2.45, 2.75) is 62.6 Å². The molecule has 94 valence electrons. The first kappa shape index (κ1) is 13.8. The molecule has 0 bridgehead atoms. The number of carbonyl (C=O) groups is 1. The number of hydrogen-bond acceptors (Lipinski definition) is 3. The van der Waals surface area contributed by atoms with Crippen LogP contribution in [0.25, 0.3) is 0 Å². The van der Waals surface area contributed by atoms with Gasteiger partial charge in [-0.25, -0.2) is 0 Å². The van der Waals surface area contributed by atoms with Crippen molar-refractivity contribution in [1.29, 1.82) is 0 Å². The Morgan fingerprint density at radius 3 is 2.44 bits per heavy atom. The standard InChI is InChI=1S/C12H22O3S/c1-8(2)11(12(14)15)16-10-7-5-3-4-6-9(10)13/h8-11,13H,3-7H2,1-2H3,(H,14,15). The molecule has 2 N–H and O–H groups in total. The summed E-state index contributed by atoms with van der Waals surface area (Å²) in [7, 11) is 0. The molecule has 1 rings (SSSR count). The van der Waals surface area contributed by atoms with Gasteiger partial charge in [-0.3, -0.25) is 4.79 Å². The summed E-state index contributed by atoms with van der Waals surface area (Å²) in [5.41, 5.74) is 0. The molecule has 3 unspecified atom stereocenters. The molecule has 0 heterocycles. The van der Waals surface area contributed by atoms with Gasteiger partial charge < -0.3 is 10.2 Å². The fourth-order valence-corrected chi connectivity index (χ4v) is 3.53. The quantitative estimate of drug-likeness (QED) is 0.748. The van der Waals surface area contributed by atoms with E-state index in [0.29, 0.717) is 0 Å². The first-order chi connectivity index (χ1) is 7.52. The minimum absolute atomic E-state index is 0.103. The van der Waals surface area contributed by atoms with Crippen molar-refractivity contribution >= 4 is 17.7 Å². The highest BCUT2D eigenvalue weighted by Crippen LogP contribution is 2.33. The summed E-state index contributed by atoms with van der Waals surface area (Å²) >= 11 is 1.45. The van der Waals surface area contributed by atoms with Crippen LogP contribution in [0.15, 0.2) is 0 Å². The van der Waals surface area contributed by atoms with Gasteiger partial charge in [0.05, 0.1) is 6.10 Å². The molecule has 1 aliphatic rings. The van der Waals surface area contributed by atoms with Gasteiger partial charge in [-0.1, -0.05) is 33.1 Å². The van der Waals surface area contributed by atoms with Crippen molar-refractivity contribution in [1.82, 2.24) is 0 Å². The topological polar surface area (TPSA) is 57.5 Å². The van der Waals surface area contributed by atoms with Gasteiger partial charge in [0.1, 0.15) is 5.25 Å². The molecular weight excluding hydrogens is 224 g/mol. The second-order valence-corrected chi connectivity index (χ2v) is 6.27. The van der Waals surface area contributed by atoms with E-state index in [9.17, 15) is 9.90 Å². The molecular formula is C12H22O3S. The van der Waals surface area contributed by atoms with Gasteiger partial charge in [-0.05, 0) is 18.8 Å². The lowest BCUT2D eigenvalue weighted by atomic mass is 10.1. The van der Waals surface area contributed by atoms with E-state index in [0.717, 1.165) is 32.1 Å². The van der Waals surface area contributed by atoms with E-state index >= 15 is 0 Å². The first-order valence-electron chi connectivity index (χ1n) is 6.08. The Balaban J connectivity index is 2.57.